The number of aliphatic hydroxyl groups is 13. The van der Waals surface area contributed by atoms with Crippen LogP contribution in [0.2, 0.25) is 0 Å². The first kappa shape index (κ1) is 50.3. The number of Topliss-reactive ketones (excluding diaryl/α,β-unsaturated/α-hetero) is 5. The molecule has 2 aromatic carbocycles. The van der Waals surface area contributed by atoms with Crippen LogP contribution in [-0.4, -0.2) is 192 Å². The predicted octanol–water partition coefficient (Wildman–Crippen LogP) is -3.85. The van der Waals surface area contributed by atoms with E-state index in [-0.39, 0.29) is 22.6 Å². The maximum atomic E-state index is 14.4. The SMILES string of the molecule is O=C1C(=C(O)C=Cc2ccc(O)cc2)C(=O)C(O)(OC2OC(CO)C(O)C(O)C2O)C(=O)C1CC1=C(O)C(=C(O)C=Cc2ccc(O)cc2)C(=O)C(O)(OC2OC(CO)C(O)C(O)C2O)C1=O. The van der Waals surface area contributed by atoms with Crippen molar-refractivity contribution in [1.29, 1.82) is 0 Å². The molecule has 2 aromatic rings. The average molecular weight is 945 g/mol. The number of phenolic OH excluding ortho intramolecular Hbond substituents is 2. The van der Waals surface area contributed by atoms with Crippen LogP contribution in [0.25, 0.3) is 12.2 Å². The minimum Gasteiger partial charge on any atom is -0.508 e. The number of hydrogen-bond donors (Lipinski definition) is 15. The fourth-order valence-corrected chi connectivity index (χ4v) is 7.40. The molecule has 24 nitrogen and oxygen atoms in total. The summed E-state index contributed by atoms with van der Waals surface area (Å²) in [4.78, 5) is 71.2. The number of hydrogen-bond acceptors (Lipinski definition) is 24. The van der Waals surface area contributed by atoms with Gasteiger partial charge in [0.05, 0.1) is 19.1 Å². The number of aliphatic hydroxyl groups excluding tert-OH is 11. The summed E-state index contributed by atoms with van der Waals surface area (Å²) in [5.74, 6) is -25.5. The smallest absolute Gasteiger partial charge is 0.299 e. The first-order valence-corrected chi connectivity index (χ1v) is 19.9. The van der Waals surface area contributed by atoms with E-state index in [4.69, 9.17) is 18.9 Å². The van der Waals surface area contributed by atoms with Gasteiger partial charge in [-0.3, -0.25) is 24.0 Å². The van der Waals surface area contributed by atoms with Gasteiger partial charge in [-0.25, -0.2) is 0 Å². The molecule has 13 unspecified atom stereocenters. The van der Waals surface area contributed by atoms with Crippen molar-refractivity contribution >= 4 is 41.1 Å². The van der Waals surface area contributed by atoms with Crippen molar-refractivity contribution < 1.29 is 120 Å². The Balaban J connectivity index is 1.50. The fourth-order valence-electron chi connectivity index (χ4n) is 7.40. The molecule has 0 bridgehead atoms. The molecule has 15 N–H and O–H groups in total. The van der Waals surface area contributed by atoms with Crippen LogP contribution in [0.1, 0.15) is 17.5 Å². The van der Waals surface area contributed by atoms with Crippen LogP contribution in [0, 0.1) is 5.92 Å². The summed E-state index contributed by atoms with van der Waals surface area (Å²) in [6, 6.07) is 10.1. The highest BCUT2D eigenvalue weighted by Gasteiger charge is 2.64. The lowest BCUT2D eigenvalue weighted by Gasteiger charge is -2.43. The van der Waals surface area contributed by atoms with Gasteiger partial charge < -0.3 is 95.5 Å². The minimum atomic E-state index is -4.10. The van der Waals surface area contributed by atoms with Gasteiger partial charge in [-0.2, -0.15) is 0 Å². The fraction of sp³-hybridized carbons (Fsp3) is 0.372. The van der Waals surface area contributed by atoms with Gasteiger partial charge in [-0.15, -0.1) is 0 Å². The van der Waals surface area contributed by atoms with Gasteiger partial charge in [0.1, 0.15) is 88.8 Å². The van der Waals surface area contributed by atoms with Crippen molar-refractivity contribution in [3.05, 3.63) is 106 Å². The summed E-state index contributed by atoms with van der Waals surface area (Å²) in [5, 5.41) is 159. The molecule has 2 aliphatic carbocycles. The van der Waals surface area contributed by atoms with Crippen molar-refractivity contribution in [2.45, 2.75) is 79.4 Å². The van der Waals surface area contributed by atoms with E-state index < -0.39 is 161 Å². The quantitative estimate of drug-likeness (QED) is 0.0318. The predicted molar refractivity (Wildman–Crippen MR) is 216 cm³/mol. The second-order valence-corrected chi connectivity index (χ2v) is 15.6. The zero-order chi connectivity index (χ0) is 49.4. The Bertz CT molecular complexity index is 2430. The Morgan fingerprint density at radius 3 is 1.40 bits per heavy atom. The lowest BCUT2D eigenvalue weighted by molar-refractivity contribution is -0.343. The zero-order valence-electron chi connectivity index (χ0n) is 34.3. The summed E-state index contributed by atoms with van der Waals surface area (Å²) in [6.45, 7) is -2.17. The Hall–Kier alpha value is -6.07. The molecular weight excluding hydrogens is 900 g/mol. The molecule has 0 aromatic heterocycles. The summed E-state index contributed by atoms with van der Waals surface area (Å²) >= 11 is 0. The van der Waals surface area contributed by atoms with Gasteiger partial charge in [0.25, 0.3) is 11.6 Å². The standard InChI is InChI=1S/C43H44O24/c44-14-24-30(52)32(54)34(56)40(64-24)66-42(62)36(58)20(28(50)26(38(42)60)22(48)11-5-16-1-7-18(46)8-2-16)13-21-29(51)27(23(49)12-6-17-3-9-19(47)10-4-17)39(61)43(63,37(21)59)67-41-35(57)33(55)31(53)25(15-45)65-41/h1-12,20,24-25,30-35,40-41,44-49,51-57,62-63H,13-15H2. The van der Waals surface area contributed by atoms with Crippen LogP contribution >= 0.6 is 0 Å². The summed E-state index contributed by atoms with van der Waals surface area (Å²) < 4.78 is 20.8. The molecule has 0 spiro atoms. The normalized spacial score (nSPS) is 35.8. The molecule has 2 aliphatic heterocycles. The maximum absolute atomic E-state index is 14.4. The van der Waals surface area contributed by atoms with Gasteiger partial charge in [0, 0.05) is 5.57 Å². The Morgan fingerprint density at radius 2 is 0.970 bits per heavy atom. The molecule has 6 rings (SSSR count). The lowest BCUT2D eigenvalue weighted by atomic mass is 9.72. The second-order valence-electron chi connectivity index (χ2n) is 15.6. The first-order chi connectivity index (χ1) is 31.5. The van der Waals surface area contributed by atoms with E-state index in [1.165, 1.54) is 48.5 Å². The summed E-state index contributed by atoms with van der Waals surface area (Å²) in [7, 11) is 0. The Morgan fingerprint density at radius 1 is 0.567 bits per heavy atom. The Kier molecular flexibility index (Phi) is 14.8. The number of aromatic hydroxyl groups is 2. The maximum Gasteiger partial charge on any atom is 0.299 e. The molecule has 4 aliphatic rings. The van der Waals surface area contributed by atoms with E-state index in [0.717, 1.165) is 18.2 Å². The van der Waals surface area contributed by atoms with Crippen LogP contribution in [0.4, 0.5) is 0 Å². The number of ether oxygens (including phenoxy) is 4. The van der Waals surface area contributed by atoms with Crippen molar-refractivity contribution in [1.82, 2.24) is 0 Å². The summed E-state index contributed by atoms with van der Waals surface area (Å²) in [5.41, 5.74) is -3.85. The van der Waals surface area contributed by atoms with Gasteiger partial charge in [-0.05, 0) is 54.0 Å². The lowest BCUT2D eigenvalue weighted by Crippen LogP contribution is -2.66. The third kappa shape index (κ3) is 9.44. The molecule has 13 atom stereocenters. The highest BCUT2D eigenvalue weighted by molar-refractivity contribution is 6.38. The van der Waals surface area contributed by atoms with Gasteiger partial charge in [0.15, 0.2) is 18.4 Å². The van der Waals surface area contributed by atoms with Crippen LogP contribution in [0.5, 0.6) is 11.5 Å². The molecular formula is C43H44O24. The van der Waals surface area contributed by atoms with E-state index in [0.29, 0.717) is 6.08 Å². The highest BCUT2D eigenvalue weighted by Crippen LogP contribution is 2.42. The number of carbonyl (C=O) groups is 5. The molecule has 0 radical (unpaired) electrons. The van der Waals surface area contributed by atoms with E-state index >= 15 is 0 Å². The van der Waals surface area contributed by atoms with Crippen LogP contribution < -0.4 is 0 Å². The summed E-state index contributed by atoms with van der Waals surface area (Å²) in [6.07, 6.45) is -20.1. The minimum absolute atomic E-state index is 0.181. The average Bonchev–Trinajstić information content (AvgIpc) is 3.30. The van der Waals surface area contributed by atoms with Gasteiger partial charge in [0.2, 0.25) is 23.1 Å². The van der Waals surface area contributed by atoms with Crippen LogP contribution in [0.15, 0.2) is 94.7 Å². The number of benzene rings is 2. The number of rotatable bonds is 12. The molecule has 67 heavy (non-hydrogen) atoms. The molecule has 2 saturated heterocycles. The number of allylic oxidation sites excluding steroid dienone is 3. The van der Waals surface area contributed by atoms with Gasteiger partial charge >= 0.3 is 0 Å². The second kappa shape index (κ2) is 19.6. The largest absolute Gasteiger partial charge is 0.508 e. The molecule has 2 heterocycles. The van der Waals surface area contributed by atoms with Crippen LogP contribution in [0.3, 0.4) is 0 Å². The number of ketones is 5. The topological polar surface area (TPSA) is 426 Å². The Labute approximate surface area is 376 Å². The van der Waals surface area contributed by atoms with E-state index in [1.807, 2.05) is 0 Å². The van der Waals surface area contributed by atoms with Crippen molar-refractivity contribution in [2.24, 2.45) is 5.92 Å². The van der Waals surface area contributed by atoms with E-state index in [2.05, 4.69) is 0 Å². The van der Waals surface area contributed by atoms with E-state index in [1.54, 1.807) is 0 Å². The third-order valence-electron chi connectivity index (χ3n) is 11.2. The number of phenols is 2. The first-order valence-electron chi connectivity index (χ1n) is 19.9. The highest BCUT2D eigenvalue weighted by atomic mass is 16.8. The zero-order valence-corrected chi connectivity index (χ0v) is 34.3. The van der Waals surface area contributed by atoms with E-state index in [9.17, 15) is 101 Å². The monoisotopic (exact) mass is 944 g/mol. The van der Waals surface area contributed by atoms with Gasteiger partial charge in [-0.1, -0.05) is 36.4 Å². The molecule has 0 amide bonds. The molecule has 3 fully saturated rings. The molecule has 1 saturated carbocycles. The van der Waals surface area contributed by atoms with Crippen LogP contribution in [-0.2, 0) is 42.9 Å². The third-order valence-corrected chi connectivity index (χ3v) is 11.2. The van der Waals surface area contributed by atoms with Crippen molar-refractivity contribution in [3.8, 4) is 11.5 Å². The molecule has 24 heteroatoms. The number of carbonyl (C=O) groups excluding carboxylic acids is 5. The molecule has 360 valence electrons. The van der Waals surface area contributed by atoms with Crippen molar-refractivity contribution in [2.75, 3.05) is 13.2 Å². The van der Waals surface area contributed by atoms with Crippen molar-refractivity contribution in [3.63, 3.8) is 0 Å².